The second kappa shape index (κ2) is 8.36. The molecule has 0 saturated heterocycles. The van der Waals surface area contributed by atoms with Crippen molar-refractivity contribution in [3.05, 3.63) is 70.9 Å². The molecular formula is C20H22N4O4S. The molecule has 3 aromatic rings. The number of carbonyl (C=O) groups is 1. The van der Waals surface area contributed by atoms with Gasteiger partial charge in [-0.25, -0.2) is 0 Å². The fourth-order valence-corrected chi connectivity index (χ4v) is 3.93. The lowest BCUT2D eigenvalue weighted by atomic mass is 10.1. The summed E-state index contributed by atoms with van der Waals surface area (Å²) in [7, 11) is -2.55. The standard InChI is InChI=1S/C20H22N4O4S/c1-13-4-6-15(7-5-13)12-21-19(25)18-14(2)22-23-20(18)29(26,27)24-16-8-10-17(28-3)11-9-16/h4-11,24H,12H2,1-3H3,(H,21,25)(H,22,23). The first-order valence-corrected chi connectivity index (χ1v) is 10.3. The summed E-state index contributed by atoms with van der Waals surface area (Å²) in [6.07, 6.45) is 0. The fraction of sp³-hybridized carbons (Fsp3) is 0.200. The number of hydrogen-bond acceptors (Lipinski definition) is 5. The Morgan fingerprint density at radius 3 is 2.34 bits per heavy atom. The zero-order valence-corrected chi connectivity index (χ0v) is 17.1. The first kappa shape index (κ1) is 20.4. The van der Waals surface area contributed by atoms with Crippen molar-refractivity contribution in [1.82, 2.24) is 15.5 Å². The van der Waals surface area contributed by atoms with Crippen LogP contribution in [0.3, 0.4) is 0 Å². The number of hydrogen-bond donors (Lipinski definition) is 3. The SMILES string of the molecule is COc1ccc(NS(=O)(=O)c2n[nH]c(C)c2C(=O)NCc2ccc(C)cc2)cc1. The zero-order chi connectivity index (χ0) is 21.0. The Kier molecular flexibility index (Phi) is 5.88. The minimum Gasteiger partial charge on any atom is -0.497 e. The number of nitrogens with zero attached hydrogens (tertiary/aromatic N) is 1. The highest BCUT2D eigenvalue weighted by atomic mass is 32.2. The van der Waals surface area contributed by atoms with Crippen molar-refractivity contribution in [2.75, 3.05) is 11.8 Å². The van der Waals surface area contributed by atoms with Gasteiger partial charge >= 0.3 is 0 Å². The normalized spacial score (nSPS) is 11.1. The molecule has 1 aromatic heterocycles. The van der Waals surface area contributed by atoms with Crippen LogP contribution in [0.15, 0.2) is 53.6 Å². The lowest BCUT2D eigenvalue weighted by molar-refractivity contribution is 0.0947. The van der Waals surface area contributed by atoms with Crippen molar-refractivity contribution in [2.24, 2.45) is 0 Å². The van der Waals surface area contributed by atoms with Crippen LogP contribution >= 0.6 is 0 Å². The smallest absolute Gasteiger partial charge is 0.282 e. The molecule has 0 radical (unpaired) electrons. The van der Waals surface area contributed by atoms with E-state index in [2.05, 4.69) is 20.2 Å². The average molecular weight is 414 g/mol. The highest BCUT2D eigenvalue weighted by Crippen LogP contribution is 2.22. The molecule has 0 saturated carbocycles. The number of carbonyl (C=O) groups excluding carboxylic acids is 1. The Morgan fingerprint density at radius 2 is 1.72 bits per heavy atom. The van der Waals surface area contributed by atoms with Crippen molar-refractivity contribution in [2.45, 2.75) is 25.4 Å². The second-order valence-electron chi connectivity index (χ2n) is 6.53. The molecule has 0 aliphatic carbocycles. The molecule has 9 heteroatoms. The van der Waals surface area contributed by atoms with Crippen LogP contribution in [0.4, 0.5) is 5.69 Å². The van der Waals surface area contributed by atoms with Crippen molar-refractivity contribution >= 4 is 21.6 Å². The molecular weight excluding hydrogens is 392 g/mol. The monoisotopic (exact) mass is 414 g/mol. The van der Waals surface area contributed by atoms with E-state index in [0.717, 1.165) is 11.1 Å². The summed E-state index contributed by atoms with van der Waals surface area (Å²) < 4.78 is 33.1. The van der Waals surface area contributed by atoms with E-state index in [1.165, 1.54) is 7.11 Å². The summed E-state index contributed by atoms with van der Waals surface area (Å²) in [5.74, 6) is 0.0756. The molecule has 0 aliphatic heterocycles. The summed E-state index contributed by atoms with van der Waals surface area (Å²) in [4.78, 5) is 12.7. The van der Waals surface area contributed by atoms with Crippen LogP contribution < -0.4 is 14.8 Å². The number of aryl methyl sites for hydroxylation is 2. The average Bonchev–Trinajstić information content (AvgIpc) is 3.10. The topological polar surface area (TPSA) is 113 Å². The number of aromatic amines is 1. The van der Waals surface area contributed by atoms with E-state index >= 15 is 0 Å². The maximum atomic E-state index is 12.8. The van der Waals surface area contributed by atoms with Crippen LogP contribution in [-0.4, -0.2) is 31.6 Å². The zero-order valence-electron chi connectivity index (χ0n) is 16.3. The molecule has 1 amide bonds. The number of anilines is 1. The van der Waals surface area contributed by atoms with Gasteiger partial charge in [-0.1, -0.05) is 29.8 Å². The summed E-state index contributed by atoms with van der Waals surface area (Å²) in [5.41, 5.74) is 2.70. The maximum Gasteiger partial charge on any atom is 0.282 e. The Morgan fingerprint density at radius 1 is 1.07 bits per heavy atom. The number of nitrogens with one attached hydrogen (secondary N) is 3. The molecule has 0 unspecified atom stereocenters. The van der Waals surface area contributed by atoms with E-state index in [9.17, 15) is 13.2 Å². The minimum atomic E-state index is -4.07. The largest absolute Gasteiger partial charge is 0.497 e. The number of amides is 1. The van der Waals surface area contributed by atoms with Crippen molar-refractivity contribution in [1.29, 1.82) is 0 Å². The molecule has 152 valence electrons. The number of rotatable bonds is 7. The number of H-pyrrole nitrogens is 1. The van der Waals surface area contributed by atoms with Gasteiger partial charge in [0.15, 0.2) is 0 Å². The third-order valence-electron chi connectivity index (χ3n) is 4.31. The van der Waals surface area contributed by atoms with Gasteiger partial charge in [-0.2, -0.15) is 13.5 Å². The van der Waals surface area contributed by atoms with E-state index < -0.39 is 15.9 Å². The van der Waals surface area contributed by atoms with Crippen LogP contribution in [0.2, 0.25) is 0 Å². The number of ether oxygens (including phenoxy) is 1. The fourth-order valence-electron chi connectivity index (χ4n) is 2.71. The molecule has 0 atom stereocenters. The predicted octanol–water partition coefficient (Wildman–Crippen LogP) is 2.77. The van der Waals surface area contributed by atoms with Crippen LogP contribution in [0.5, 0.6) is 5.75 Å². The summed E-state index contributed by atoms with van der Waals surface area (Å²) in [5, 5.41) is 8.82. The number of aromatic nitrogens is 2. The van der Waals surface area contributed by atoms with Gasteiger partial charge in [0.2, 0.25) is 5.03 Å². The maximum absolute atomic E-state index is 12.8. The molecule has 1 heterocycles. The summed E-state index contributed by atoms with van der Waals surface area (Å²) >= 11 is 0. The molecule has 2 aromatic carbocycles. The lowest BCUT2D eigenvalue weighted by Crippen LogP contribution is -2.26. The van der Waals surface area contributed by atoms with E-state index in [0.29, 0.717) is 17.1 Å². The van der Waals surface area contributed by atoms with E-state index in [-0.39, 0.29) is 17.1 Å². The molecule has 8 nitrogen and oxygen atoms in total. The van der Waals surface area contributed by atoms with Crippen molar-refractivity contribution < 1.29 is 17.9 Å². The van der Waals surface area contributed by atoms with E-state index in [4.69, 9.17) is 4.74 Å². The lowest BCUT2D eigenvalue weighted by Gasteiger charge is -2.10. The third kappa shape index (κ3) is 4.75. The van der Waals surface area contributed by atoms with Crippen LogP contribution in [0.25, 0.3) is 0 Å². The van der Waals surface area contributed by atoms with Gasteiger partial charge in [-0.05, 0) is 43.7 Å². The summed E-state index contributed by atoms with van der Waals surface area (Å²) in [6.45, 7) is 3.85. The molecule has 29 heavy (non-hydrogen) atoms. The van der Waals surface area contributed by atoms with Crippen molar-refractivity contribution in [3.63, 3.8) is 0 Å². The predicted molar refractivity (Wildman–Crippen MR) is 109 cm³/mol. The summed E-state index contributed by atoms with van der Waals surface area (Å²) in [6, 6.07) is 14.1. The van der Waals surface area contributed by atoms with Crippen molar-refractivity contribution in [3.8, 4) is 5.75 Å². The van der Waals surface area contributed by atoms with E-state index in [1.54, 1.807) is 31.2 Å². The highest BCUT2D eigenvalue weighted by Gasteiger charge is 2.28. The quantitative estimate of drug-likeness (QED) is 0.550. The van der Waals surface area contributed by atoms with Gasteiger partial charge in [0.25, 0.3) is 15.9 Å². The van der Waals surface area contributed by atoms with Gasteiger partial charge < -0.3 is 10.1 Å². The molecule has 0 aliphatic rings. The molecule has 0 fully saturated rings. The number of benzene rings is 2. The van der Waals surface area contributed by atoms with Gasteiger partial charge in [-0.15, -0.1) is 0 Å². The van der Waals surface area contributed by atoms with Crippen LogP contribution in [-0.2, 0) is 16.6 Å². The Balaban J connectivity index is 1.79. The second-order valence-corrected chi connectivity index (χ2v) is 8.13. The Bertz CT molecular complexity index is 1100. The van der Waals surface area contributed by atoms with Gasteiger partial charge in [-0.3, -0.25) is 14.6 Å². The molecule has 0 spiro atoms. The Labute approximate surface area is 169 Å². The number of sulfonamides is 1. The molecule has 3 N–H and O–H groups in total. The first-order valence-electron chi connectivity index (χ1n) is 8.86. The van der Waals surface area contributed by atoms with Gasteiger partial charge in [0.05, 0.1) is 7.11 Å². The van der Waals surface area contributed by atoms with Gasteiger partial charge in [0, 0.05) is 17.9 Å². The van der Waals surface area contributed by atoms with Gasteiger partial charge in [0.1, 0.15) is 11.3 Å². The first-order chi connectivity index (χ1) is 13.8. The number of methoxy groups -OCH3 is 1. The van der Waals surface area contributed by atoms with Crippen LogP contribution in [0.1, 0.15) is 27.2 Å². The molecule has 0 bridgehead atoms. The Hall–Kier alpha value is -3.33. The third-order valence-corrected chi connectivity index (χ3v) is 5.62. The minimum absolute atomic E-state index is 0.0156. The van der Waals surface area contributed by atoms with Crippen LogP contribution in [0, 0.1) is 13.8 Å². The highest BCUT2D eigenvalue weighted by molar-refractivity contribution is 7.92. The van der Waals surface area contributed by atoms with E-state index in [1.807, 2.05) is 31.2 Å². The molecule has 3 rings (SSSR count).